The molecule has 3 aromatic rings. The molecule has 1 aromatic heterocycles. The van der Waals surface area contributed by atoms with E-state index in [0.29, 0.717) is 24.5 Å². The second-order valence-electron chi connectivity index (χ2n) is 6.63. The molecule has 4 nitrogen and oxygen atoms in total. The van der Waals surface area contributed by atoms with Crippen molar-refractivity contribution in [3.8, 4) is 5.75 Å². The van der Waals surface area contributed by atoms with Crippen LogP contribution in [0.3, 0.4) is 0 Å². The first kappa shape index (κ1) is 19.9. The molecule has 0 aliphatic carbocycles. The second kappa shape index (κ2) is 9.90. The van der Waals surface area contributed by atoms with Crippen molar-refractivity contribution in [3.63, 3.8) is 0 Å². The maximum atomic E-state index is 12.2. The first-order valence-electron chi connectivity index (χ1n) is 9.25. The summed E-state index contributed by atoms with van der Waals surface area (Å²) in [7, 11) is 0. The van der Waals surface area contributed by atoms with Crippen molar-refractivity contribution >= 4 is 17.5 Å². The van der Waals surface area contributed by atoms with Crippen molar-refractivity contribution in [2.45, 2.75) is 32.4 Å². The lowest BCUT2D eigenvalue weighted by Crippen LogP contribution is -2.26. The van der Waals surface area contributed by atoms with Crippen LogP contribution in [0.5, 0.6) is 5.75 Å². The number of carbonyl (C=O) groups is 1. The molecule has 0 saturated carbocycles. The van der Waals surface area contributed by atoms with Gasteiger partial charge >= 0.3 is 0 Å². The lowest BCUT2D eigenvalue weighted by Gasteiger charge is -2.15. The van der Waals surface area contributed by atoms with Gasteiger partial charge in [0, 0.05) is 29.4 Å². The molecule has 1 unspecified atom stereocenters. The minimum atomic E-state index is -0.0647. The summed E-state index contributed by atoms with van der Waals surface area (Å²) in [5.74, 6) is 0.813. The SMILES string of the molecule is CC(NC(=O)CCc1ccc(Cl)cc1)c1ccc(OCc2cccnc2)cc1. The highest BCUT2D eigenvalue weighted by Gasteiger charge is 2.10. The van der Waals surface area contributed by atoms with E-state index in [9.17, 15) is 4.79 Å². The molecule has 0 fully saturated rings. The van der Waals surface area contributed by atoms with E-state index in [1.54, 1.807) is 12.4 Å². The van der Waals surface area contributed by atoms with E-state index in [4.69, 9.17) is 16.3 Å². The first-order chi connectivity index (χ1) is 13.6. The Bertz CT molecular complexity index is 881. The van der Waals surface area contributed by atoms with Gasteiger partial charge in [0.05, 0.1) is 6.04 Å². The molecule has 0 spiro atoms. The predicted molar refractivity (Wildman–Crippen MR) is 111 cm³/mol. The second-order valence-corrected chi connectivity index (χ2v) is 7.07. The fraction of sp³-hybridized carbons (Fsp3) is 0.217. The number of aromatic nitrogens is 1. The maximum Gasteiger partial charge on any atom is 0.220 e. The largest absolute Gasteiger partial charge is 0.489 e. The number of benzene rings is 2. The summed E-state index contributed by atoms with van der Waals surface area (Å²) >= 11 is 5.88. The monoisotopic (exact) mass is 394 g/mol. The van der Waals surface area contributed by atoms with E-state index >= 15 is 0 Å². The van der Waals surface area contributed by atoms with Crippen LogP contribution in [0.25, 0.3) is 0 Å². The van der Waals surface area contributed by atoms with Gasteiger partial charge in [-0.3, -0.25) is 9.78 Å². The van der Waals surface area contributed by atoms with Crippen molar-refractivity contribution in [3.05, 3.63) is 94.8 Å². The van der Waals surface area contributed by atoms with Gasteiger partial charge in [0.2, 0.25) is 5.91 Å². The lowest BCUT2D eigenvalue weighted by molar-refractivity contribution is -0.121. The standard InChI is InChI=1S/C23H23ClN2O2/c1-17(26-23(27)13-6-18-4-9-21(24)10-5-18)20-7-11-22(12-8-20)28-16-19-3-2-14-25-15-19/h2-5,7-12,14-15,17H,6,13,16H2,1H3,(H,26,27). The molecule has 1 heterocycles. The number of nitrogens with one attached hydrogen (secondary N) is 1. The molecule has 0 aliphatic heterocycles. The topological polar surface area (TPSA) is 51.2 Å². The molecule has 1 amide bonds. The molecule has 5 heteroatoms. The van der Waals surface area contributed by atoms with E-state index in [1.165, 1.54) is 0 Å². The van der Waals surface area contributed by atoms with Crippen LogP contribution in [0.1, 0.15) is 36.1 Å². The van der Waals surface area contributed by atoms with Gasteiger partial charge in [-0.25, -0.2) is 0 Å². The normalized spacial score (nSPS) is 11.6. The number of carbonyl (C=O) groups excluding carboxylic acids is 1. The van der Waals surface area contributed by atoms with Gasteiger partial charge < -0.3 is 10.1 Å². The van der Waals surface area contributed by atoms with Crippen molar-refractivity contribution in [2.24, 2.45) is 0 Å². The van der Waals surface area contributed by atoms with Crippen LogP contribution in [0, 0.1) is 0 Å². The van der Waals surface area contributed by atoms with Gasteiger partial charge in [0.25, 0.3) is 0 Å². The molecule has 0 bridgehead atoms. The Labute approximate surface area is 170 Å². The average molecular weight is 395 g/mol. The predicted octanol–water partition coefficient (Wildman–Crippen LogP) is 5.12. The minimum Gasteiger partial charge on any atom is -0.489 e. The van der Waals surface area contributed by atoms with Gasteiger partial charge in [-0.05, 0) is 54.8 Å². The molecule has 28 heavy (non-hydrogen) atoms. The summed E-state index contributed by atoms with van der Waals surface area (Å²) in [6.07, 6.45) is 4.66. The zero-order valence-corrected chi connectivity index (χ0v) is 16.5. The van der Waals surface area contributed by atoms with Crippen LogP contribution in [0.15, 0.2) is 73.1 Å². The number of pyridine rings is 1. The van der Waals surface area contributed by atoms with Gasteiger partial charge in [0.1, 0.15) is 12.4 Å². The van der Waals surface area contributed by atoms with E-state index in [1.807, 2.05) is 67.6 Å². The number of hydrogen-bond donors (Lipinski definition) is 1. The third-order valence-corrected chi connectivity index (χ3v) is 4.69. The van der Waals surface area contributed by atoms with Crippen molar-refractivity contribution in [2.75, 3.05) is 0 Å². The number of aryl methyl sites for hydroxylation is 1. The number of rotatable bonds is 8. The number of hydrogen-bond acceptors (Lipinski definition) is 3. The highest BCUT2D eigenvalue weighted by molar-refractivity contribution is 6.30. The fourth-order valence-electron chi connectivity index (χ4n) is 2.81. The zero-order chi connectivity index (χ0) is 19.8. The van der Waals surface area contributed by atoms with Crippen molar-refractivity contribution < 1.29 is 9.53 Å². The van der Waals surface area contributed by atoms with Crippen LogP contribution >= 0.6 is 11.6 Å². The Hall–Kier alpha value is -2.85. The van der Waals surface area contributed by atoms with E-state index < -0.39 is 0 Å². The Balaban J connectivity index is 1.46. The highest BCUT2D eigenvalue weighted by Crippen LogP contribution is 2.19. The third-order valence-electron chi connectivity index (χ3n) is 4.44. The summed E-state index contributed by atoms with van der Waals surface area (Å²) in [4.78, 5) is 16.3. The molecular formula is C23H23ClN2O2. The van der Waals surface area contributed by atoms with Gasteiger partial charge in [-0.1, -0.05) is 41.9 Å². The smallest absolute Gasteiger partial charge is 0.220 e. The summed E-state index contributed by atoms with van der Waals surface area (Å²) < 4.78 is 5.77. The summed E-state index contributed by atoms with van der Waals surface area (Å²) in [6.45, 7) is 2.45. The molecule has 0 radical (unpaired) electrons. The molecule has 1 atom stereocenters. The van der Waals surface area contributed by atoms with Crippen LogP contribution < -0.4 is 10.1 Å². The fourth-order valence-corrected chi connectivity index (χ4v) is 2.93. The summed E-state index contributed by atoms with van der Waals surface area (Å²) in [5.41, 5.74) is 3.16. The number of ether oxygens (including phenoxy) is 1. The van der Waals surface area contributed by atoms with Crippen LogP contribution in [-0.4, -0.2) is 10.9 Å². The molecule has 3 rings (SSSR count). The molecule has 0 aliphatic rings. The first-order valence-corrected chi connectivity index (χ1v) is 9.63. The molecule has 0 saturated heterocycles. The number of nitrogens with zero attached hydrogens (tertiary/aromatic N) is 1. The Morgan fingerprint density at radius 1 is 1.07 bits per heavy atom. The number of amides is 1. The van der Waals surface area contributed by atoms with Crippen LogP contribution in [0.4, 0.5) is 0 Å². The Morgan fingerprint density at radius 3 is 2.50 bits per heavy atom. The molecule has 1 N–H and O–H groups in total. The van der Waals surface area contributed by atoms with Gasteiger partial charge in [-0.2, -0.15) is 0 Å². The van der Waals surface area contributed by atoms with Gasteiger partial charge in [-0.15, -0.1) is 0 Å². The van der Waals surface area contributed by atoms with E-state index in [2.05, 4.69) is 10.3 Å². The van der Waals surface area contributed by atoms with Gasteiger partial charge in [0.15, 0.2) is 0 Å². The Morgan fingerprint density at radius 2 is 1.82 bits per heavy atom. The average Bonchev–Trinajstić information content (AvgIpc) is 2.73. The molecule has 144 valence electrons. The summed E-state index contributed by atoms with van der Waals surface area (Å²) in [5, 5.41) is 3.74. The zero-order valence-electron chi connectivity index (χ0n) is 15.8. The van der Waals surface area contributed by atoms with E-state index in [0.717, 1.165) is 22.4 Å². The Kier molecular flexibility index (Phi) is 7.04. The number of halogens is 1. The van der Waals surface area contributed by atoms with Crippen LogP contribution in [0.2, 0.25) is 5.02 Å². The molecule has 2 aromatic carbocycles. The van der Waals surface area contributed by atoms with Crippen molar-refractivity contribution in [1.82, 2.24) is 10.3 Å². The minimum absolute atomic E-state index is 0.0272. The van der Waals surface area contributed by atoms with Crippen LogP contribution in [-0.2, 0) is 17.8 Å². The van der Waals surface area contributed by atoms with Crippen molar-refractivity contribution in [1.29, 1.82) is 0 Å². The lowest BCUT2D eigenvalue weighted by atomic mass is 10.1. The maximum absolute atomic E-state index is 12.2. The molecular weight excluding hydrogens is 372 g/mol. The third kappa shape index (κ3) is 6.10. The summed E-state index contributed by atoms with van der Waals surface area (Å²) in [6, 6.07) is 19.2. The highest BCUT2D eigenvalue weighted by atomic mass is 35.5. The quantitative estimate of drug-likeness (QED) is 0.576. The van der Waals surface area contributed by atoms with E-state index in [-0.39, 0.29) is 11.9 Å².